The van der Waals surface area contributed by atoms with E-state index in [-0.39, 0.29) is 5.56 Å². The van der Waals surface area contributed by atoms with Gasteiger partial charge in [0.15, 0.2) is 0 Å². The minimum Gasteiger partial charge on any atom is -0.399 e. The molecule has 2 rings (SSSR count). The zero-order valence-corrected chi connectivity index (χ0v) is 12.5. The molecule has 22 heavy (non-hydrogen) atoms. The molecule has 0 spiro atoms. The van der Waals surface area contributed by atoms with Crippen molar-refractivity contribution < 1.29 is 15.0 Å². The van der Waals surface area contributed by atoms with Crippen molar-refractivity contribution in [3.8, 4) is 0 Å². The van der Waals surface area contributed by atoms with Crippen molar-refractivity contribution in [1.29, 1.82) is 0 Å². The number of carbonyl (C=O) groups excluding carboxylic acids is 1. The molecule has 0 aliphatic rings. The van der Waals surface area contributed by atoms with Crippen molar-refractivity contribution in [2.45, 2.75) is 12.1 Å². The monoisotopic (exact) mass is 320 g/mol. The van der Waals surface area contributed by atoms with Gasteiger partial charge in [-0.15, -0.1) is 0 Å². The maximum Gasteiger partial charge on any atom is 0.253 e. The largest absolute Gasteiger partial charge is 0.399 e. The molecule has 0 saturated heterocycles. The molecule has 2 atom stereocenters. The van der Waals surface area contributed by atoms with E-state index in [0.717, 1.165) is 0 Å². The molecular formula is C16H17ClN2O3. The number of amides is 1. The van der Waals surface area contributed by atoms with Crippen LogP contribution in [0, 0.1) is 0 Å². The lowest BCUT2D eigenvalue weighted by Gasteiger charge is -2.23. The predicted octanol–water partition coefficient (Wildman–Crippen LogP) is 1.75. The standard InChI is InChI=1S/C16H17ClN2O3/c17-13-4-2-1-3-12(13)16(22)19-14(9-20)15(21)10-5-7-11(18)8-6-10/h1-8,14-15,20-21H,9,18H2,(H,19,22). The van der Waals surface area contributed by atoms with E-state index in [1.165, 1.54) is 0 Å². The number of aliphatic hydroxyl groups is 2. The molecule has 0 aromatic heterocycles. The predicted molar refractivity (Wildman–Crippen MR) is 85.6 cm³/mol. The van der Waals surface area contributed by atoms with Crippen LogP contribution in [-0.4, -0.2) is 28.8 Å². The van der Waals surface area contributed by atoms with Crippen LogP contribution in [0.1, 0.15) is 22.0 Å². The molecule has 0 fully saturated rings. The average Bonchev–Trinajstić information content (AvgIpc) is 2.53. The van der Waals surface area contributed by atoms with Crippen LogP contribution in [0.2, 0.25) is 5.02 Å². The highest BCUT2D eigenvalue weighted by atomic mass is 35.5. The van der Waals surface area contributed by atoms with E-state index in [1.54, 1.807) is 48.5 Å². The molecule has 2 aromatic carbocycles. The number of rotatable bonds is 5. The summed E-state index contributed by atoms with van der Waals surface area (Å²) in [7, 11) is 0. The van der Waals surface area contributed by atoms with Gasteiger partial charge in [-0.2, -0.15) is 0 Å². The first-order valence-electron chi connectivity index (χ1n) is 6.72. The van der Waals surface area contributed by atoms with Crippen molar-refractivity contribution in [3.63, 3.8) is 0 Å². The third-order valence-electron chi connectivity index (χ3n) is 3.29. The third kappa shape index (κ3) is 3.76. The molecule has 0 bridgehead atoms. The highest BCUT2D eigenvalue weighted by molar-refractivity contribution is 6.33. The Labute approximate surface area is 133 Å². The fourth-order valence-electron chi connectivity index (χ4n) is 2.04. The van der Waals surface area contributed by atoms with Crippen LogP contribution in [0.15, 0.2) is 48.5 Å². The number of carbonyl (C=O) groups is 1. The Kier molecular flexibility index (Phi) is 5.38. The Morgan fingerprint density at radius 3 is 2.41 bits per heavy atom. The van der Waals surface area contributed by atoms with E-state index >= 15 is 0 Å². The van der Waals surface area contributed by atoms with Crippen LogP contribution in [0.4, 0.5) is 5.69 Å². The fraction of sp³-hybridized carbons (Fsp3) is 0.188. The quantitative estimate of drug-likeness (QED) is 0.631. The molecule has 0 saturated carbocycles. The highest BCUT2D eigenvalue weighted by Gasteiger charge is 2.23. The zero-order valence-electron chi connectivity index (χ0n) is 11.7. The molecule has 2 aromatic rings. The summed E-state index contributed by atoms with van der Waals surface area (Å²) in [6, 6.07) is 12.3. The maximum absolute atomic E-state index is 12.2. The Morgan fingerprint density at radius 1 is 1.18 bits per heavy atom. The summed E-state index contributed by atoms with van der Waals surface area (Å²) in [5.41, 5.74) is 6.99. The number of hydrogen-bond donors (Lipinski definition) is 4. The van der Waals surface area contributed by atoms with Crippen molar-refractivity contribution in [1.82, 2.24) is 5.32 Å². The number of benzene rings is 2. The smallest absolute Gasteiger partial charge is 0.253 e. The lowest BCUT2D eigenvalue weighted by Crippen LogP contribution is -2.42. The lowest BCUT2D eigenvalue weighted by atomic mass is 10.0. The summed E-state index contributed by atoms with van der Waals surface area (Å²) >= 11 is 5.96. The summed E-state index contributed by atoms with van der Waals surface area (Å²) in [5, 5.41) is 22.6. The second kappa shape index (κ2) is 7.26. The van der Waals surface area contributed by atoms with Crippen molar-refractivity contribution in [2.24, 2.45) is 0 Å². The number of nitrogens with one attached hydrogen (secondary N) is 1. The molecule has 2 unspecified atom stereocenters. The SMILES string of the molecule is Nc1ccc(C(O)C(CO)NC(=O)c2ccccc2Cl)cc1. The molecule has 5 nitrogen and oxygen atoms in total. The fourth-order valence-corrected chi connectivity index (χ4v) is 2.26. The van der Waals surface area contributed by atoms with Crippen LogP contribution in [0.5, 0.6) is 0 Å². The molecule has 116 valence electrons. The summed E-state index contributed by atoms with van der Waals surface area (Å²) in [6.07, 6.45) is -1.06. The minimum atomic E-state index is -1.06. The first-order valence-corrected chi connectivity index (χ1v) is 7.10. The molecule has 0 radical (unpaired) electrons. The van der Waals surface area contributed by atoms with Gasteiger partial charge in [0, 0.05) is 5.69 Å². The summed E-state index contributed by atoms with van der Waals surface area (Å²) in [6.45, 7) is -0.415. The molecular weight excluding hydrogens is 304 g/mol. The third-order valence-corrected chi connectivity index (χ3v) is 3.62. The van der Waals surface area contributed by atoms with Gasteiger partial charge in [0.2, 0.25) is 0 Å². The van der Waals surface area contributed by atoms with Crippen molar-refractivity contribution in [2.75, 3.05) is 12.3 Å². The summed E-state index contributed by atoms with van der Waals surface area (Å²) < 4.78 is 0. The first kappa shape index (κ1) is 16.3. The average molecular weight is 321 g/mol. The van der Waals surface area contributed by atoms with Gasteiger partial charge in [0.1, 0.15) is 6.10 Å². The maximum atomic E-state index is 12.2. The van der Waals surface area contributed by atoms with Gasteiger partial charge in [-0.1, -0.05) is 35.9 Å². The second-order valence-electron chi connectivity index (χ2n) is 4.85. The zero-order chi connectivity index (χ0) is 16.1. The van der Waals surface area contributed by atoms with Crippen molar-refractivity contribution >= 4 is 23.2 Å². The van der Waals surface area contributed by atoms with Gasteiger partial charge in [-0.05, 0) is 29.8 Å². The van der Waals surface area contributed by atoms with Crippen LogP contribution < -0.4 is 11.1 Å². The van der Waals surface area contributed by atoms with Gasteiger partial charge in [-0.25, -0.2) is 0 Å². The highest BCUT2D eigenvalue weighted by Crippen LogP contribution is 2.20. The minimum absolute atomic E-state index is 0.284. The number of nitrogen functional groups attached to an aromatic ring is 1. The number of halogens is 1. The van der Waals surface area contributed by atoms with Gasteiger partial charge in [-0.3, -0.25) is 4.79 Å². The topological polar surface area (TPSA) is 95.6 Å². The number of hydrogen-bond acceptors (Lipinski definition) is 4. The van der Waals surface area contributed by atoms with Crippen LogP contribution in [0.25, 0.3) is 0 Å². The van der Waals surface area contributed by atoms with E-state index in [1.807, 2.05) is 0 Å². The van der Waals surface area contributed by atoms with Gasteiger partial charge < -0.3 is 21.3 Å². The normalized spacial score (nSPS) is 13.4. The van der Waals surface area contributed by atoms with E-state index in [9.17, 15) is 15.0 Å². The molecule has 6 heteroatoms. The van der Waals surface area contributed by atoms with Gasteiger partial charge in [0.05, 0.1) is 23.2 Å². The summed E-state index contributed by atoms with van der Waals surface area (Å²) in [5.74, 6) is -0.459. The number of nitrogens with two attached hydrogens (primary N) is 1. The Hall–Kier alpha value is -2.08. The van der Waals surface area contributed by atoms with Gasteiger partial charge in [0.25, 0.3) is 5.91 Å². The van der Waals surface area contributed by atoms with Gasteiger partial charge >= 0.3 is 0 Å². The number of anilines is 1. The molecule has 0 aliphatic carbocycles. The lowest BCUT2D eigenvalue weighted by molar-refractivity contribution is 0.0703. The molecule has 0 aliphatic heterocycles. The second-order valence-corrected chi connectivity index (χ2v) is 5.26. The van der Waals surface area contributed by atoms with Crippen LogP contribution >= 0.6 is 11.6 Å². The number of aliphatic hydroxyl groups excluding tert-OH is 2. The van der Waals surface area contributed by atoms with Crippen molar-refractivity contribution in [3.05, 3.63) is 64.7 Å². The molecule has 5 N–H and O–H groups in total. The Bertz CT molecular complexity index is 646. The van der Waals surface area contributed by atoms with Crippen LogP contribution in [0.3, 0.4) is 0 Å². The van der Waals surface area contributed by atoms with E-state index in [2.05, 4.69) is 5.32 Å². The van der Waals surface area contributed by atoms with Crippen LogP contribution in [-0.2, 0) is 0 Å². The van der Waals surface area contributed by atoms with E-state index in [4.69, 9.17) is 17.3 Å². The van der Waals surface area contributed by atoms with E-state index in [0.29, 0.717) is 16.3 Å². The molecule has 1 amide bonds. The summed E-state index contributed by atoms with van der Waals surface area (Å²) in [4.78, 5) is 12.2. The van der Waals surface area contributed by atoms with E-state index < -0.39 is 24.7 Å². The Morgan fingerprint density at radius 2 is 1.82 bits per heavy atom. The first-order chi connectivity index (χ1) is 10.5. The molecule has 0 heterocycles. The Balaban J connectivity index is 2.13.